The van der Waals surface area contributed by atoms with E-state index in [9.17, 15) is 13.2 Å². The van der Waals surface area contributed by atoms with E-state index in [1.54, 1.807) is 0 Å². The van der Waals surface area contributed by atoms with E-state index in [2.05, 4.69) is 27.6 Å². The number of halogens is 3. The maximum Gasteiger partial charge on any atom is 0.401 e. The molecule has 2 N–H and O–H groups in total. The molecule has 1 aliphatic carbocycles. The number of hydrogen-bond donors (Lipinski definition) is 2. The zero-order valence-electron chi connectivity index (χ0n) is 16.1. The van der Waals surface area contributed by atoms with E-state index in [0.717, 1.165) is 13.1 Å². The third-order valence-electron chi connectivity index (χ3n) is 5.28. The monoisotopic (exact) mass is 377 g/mol. The number of alkyl halides is 3. The van der Waals surface area contributed by atoms with E-state index in [4.69, 9.17) is 0 Å². The fourth-order valence-electron chi connectivity index (χ4n) is 3.88. The first-order chi connectivity index (χ1) is 12.4. The van der Waals surface area contributed by atoms with Crippen molar-refractivity contribution in [3.8, 4) is 0 Å². The quantitative estimate of drug-likeness (QED) is 0.528. The van der Waals surface area contributed by atoms with Crippen LogP contribution in [0.25, 0.3) is 0 Å². The fraction of sp³-hybridized carbons (Fsp3) is 0.944. The molecule has 26 heavy (non-hydrogen) atoms. The summed E-state index contributed by atoms with van der Waals surface area (Å²) >= 11 is 0. The Bertz CT molecular complexity index is 435. The van der Waals surface area contributed by atoms with E-state index in [1.807, 2.05) is 6.92 Å². The first kappa shape index (κ1) is 21.3. The third-order valence-corrected chi connectivity index (χ3v) is 5.28. The minimum atomic E-state index is -4.13. The van der Waals surface area contributed by atoms with Gasteiger partial charge in [-0.25, -0.2) is 0 Å². The Balaban J connectivity index is 1.75. The molecule has 1 aliphatic heterocycles. The summed E-state index contributed by atoms with van der Waals surface area (Å²) in [6, 6.07) is 0.687. The van der Waals surface area contributed by atoms with E-state index in [0.29, 0.717) is 38.1 Å². The van der Waals surface area contributed by atoms with Crippen molar-refractivity contribution in [1.82, 2.24) is 20.4 Å². The van der Waals surface area contributed by atoms with Crippen molar-refractivity contribution in [2.75, 3.05) is 46.3 Å². The van der Waals surface area contributed by atoms with Gasteiger partial charge in [0.1, 0.15) is 0 Å². The van der Waals surface area contributed by atoms with Gasteiger partial charge in [0.25, 0.3) is 0 Å². The topological polar surface area (TPSA) is 42.9 Å². The smallest absolute Gasteiger partial charge is 0.357 e. The molecular weight excluding hydrogens is 343 g/mol. The second-order valence-electron chi connectivity index (χ2n) is 7.51. The van der Waals surface area contributed by atoms with E-state index < -0.39 is 12.7 Å². The minimum absolute atomic E-state index is 0.0197. The van der Waals surface area contributed by atoms with Crippen LogP contribution in [0.2, 0.25) is 0 Å². The molecular formula is C18H34F3N5. The molecule has 0 radical (unpaired) electrons. The molecule has 0 amide bonds. The Hall–Kier alpha value is -1.02. The molecule has 152 valence electrons. The standard InChI is InChI=1S/C18H34F3N5/c1-3-22-17(23-10-12-25(2)16-7-5-4-6-8-16)24-15-9-11-26(13-15)14-18(19,20)21/h15-16H,3-14H2,1-2H3,(H2,22,23,24). The third kappa shape index (κ3) is 7.70. The summed E-state index contributed by atoms with van der Waals surface area (Å²) < 4.78 is 37.5. The van der Waals surface area contributed by atoms with Crippen LogP contribution in [0.1, 0.15) is 45.4 Å². The van der Waals surface area contributed by atoms with Crippen LogP contribution in [0, 0.1) is 0 Å². The number of rotatable bonds is 7. The molecule has 0 spiro atoms. The molecule has 5 nitrogen and oxygen atoms in total. The Morgan fingerprint density at radius 2 is 1.92 bits per heavy atom. The highest BCUT2D eigenvalue weighted by molar-refractivity contribution is 5.80. The molecule has 1 unspecified atom stereocenters. The van der Waals surface area contributed by atoms with Gasteiger partial charge in [0, 0.05) is 38.3 Å². The highest BCUT2D eigenvalue weighted by Crippen LogP contribution is 2.21. The molecule has 0 aromatic rings. The summed E-state index contributed by atoms with van der Waals surface area (Å²) in [5, 5.41) is 6.50. The van der Waals surface area contributed by atoms with Gasteiger partial charge >= 0.3 is 6.18 Å². The maximum atomic E-state index is 12.5. The molecule has 0 aromatic carbocycles. The van der Waals surface area contributed by atoms with Crippen LogP contribution < -0.4 is 10.6 Å². The lowest BCUT2D eigenvalue weighted by Gasteiger charge is -2.30. The first-order valence-electron chi connectivity index (χ1n) is 9.91. The molecule has 0 aromatic heterocycles. The number of likely N-dealkylation sites (tertiary alicyclic amines) is 1. The van der Waals surface area contributed by atoms with Gasteiger partial charge in [0.05, 0.1) is 13.1 Å². The summed E-state index contributed by atoms with van der Waals surface area (Å²) in [5.74, 6) is 0.711. The van der Waals surface area contributed by atoms with Gasteiger partial charge in [0.15, 0.2) is 5.96 Å². The largest absolute Gasteiger partial charge is 0.401 e. The second kappa shape index (κ2) is 10.3. The number of nitrogens with one attached hydrogen (secondary N) is 2. The summed E-state index contributed by atoms with van der Waals surface area (Å²) in [6.45, 7) is 4.39. The van der Waals surface area contributed by atoms with Gasteiger partial charge in [-0.3, -0.25) is 9.89 Å². The van der Waals surface area contributed by atoms with Crippen LogP contribution in [-0.2, 0) is 0 Å². The number of guanidine groups is 1. The van der Waals surface area contributed by atoms with Crippen LogP contribution in [0.5, 0.6) is 0 Å². The lowest BCUT2D eigenvalue weighted by atomic mass is 9.94. The van der Waals surface area contributed by atoms with Crippen LogP contribution in [-0.4, -0.2) is 80.3 Å². The highest BCUT2D eigenvalue weighted by atomic mass is 19.4. The van der Waals surface area contributed by atoms with Gasteiger partial charge in [-0.2, -0.15) is 13.2 Å². The maximum absolute atomic E-state index is 12.5. The van der Waals surface area contributed by atoms with Crippen LogP contribution >= 0.6 is 0 Å². The van der Waals surface area contributed by atoms with Crippen LogP contribution in [0.15, 0.2) is 4.99 Å². The second-order valence-corrected chi connectivity index (χ2v) is 7.51. The number of likely N-dealkylation sites (N-methyl/N-ethyl adjacent to an activating group) is 1. The minimum Gasteiger partial charge on any atom is -0.357 e. The Labute approximate surface area is 155 Å². The average molecular weight is 377 g/mol. The predicted octanol–water partition coefficient (Wildman–Crippen LogP) is 2.44. The van der Waals surface area contributed by atoms with Crippen LogP contribution in [0.4, 0.5) is 13.2 Å². The van der Waals surface area contributed by atoms with Gasteiger partial charge in [-0.1, -0.05) is 19.3 Å². The molecule has 0 bridgehead atoms. The van der Waals surface area contributed by atoms with Crippen molar-refractivity contribution >= 4 is 5.96 Å². The molecule has 8 heteroatoms. The number of hydrogen-bond acceptors (Lipinski definition) is 3. The van der Waals surface area contributed by atoms with Gasteiger partial charge in [-0.15, -0.1) is 0 Å². The van der Waals surface area contributed by atoms with E-state index in [-0.39, 0.29) is 6.04 Å². The average Bonchev–Trinajstić information content (AvgIpc) is 3.00. The number of nitrogens with zero attached hydrogens (tertiary/aromatic N) is 3. The fourth-order valence-corrected chi connectivity index (χ4v) is 3.88. The molecule has 2 aliphatic rings. The van der Waals surface area contributed by atoms with Gasteiger partial charge < -0.3 is 15.5 Å². The van der Waals surface area contributed by atoms with Crippen molar-refractivity contribution in [3.05, 3.63) is 0 Å². The molecule has 2 rings (SSSR count). The molecule has 1 saturated heterocycles. The lowest BCUT2D eigenvalue weighted by molar-refractivity contribution is -0.143. The normalized spacial score (nSPS) is 23.6. The van der Waals surface area contributed by atoms with Crippen molar-refractivity contribution in [1.29, 1.82) is 0 Å². The Morgan fingerprint density at radius 3 is 2.58 bits per heavy atom. The zero-order valence-corrected chi connectivity index (χ0v) is 16.1. The Kier molecular flexibility index (Phi) is 8.47. The summed E-state index contributed by atoms with van der Waals surface area (Å²) in [5.41, 5.74) is 0. The first-order valence-corrected chi connectivity index (χ1v) is 9.91. The molecule has 1 heterocycles. The van der Waals surface area contributed by atoms with E-state index in [1.165, 1.54) is 37.0 Å². The summed E-state index contributed by atoms with van der Waals surface area (Å²) in [7, 11) is 2.16. The van der Waals surface area contributed by atoms with Gasteiger partial charge in [-0.05, 0) is 33.2 Å². The lowest BCUT2D eigenvalue weighted by Crippen LogP contribution is -2.45. The van der Waals surface area contributed by atoms with Crippen molar-refractivity contribution in [3.63, 3.8) is 0 Å². The van der Waals surface area contributed by atoms with Crippen molar-refractivity contribution < 1.29 is 13.2 Å². The highest BCUT2D eigenvalue weighted by Gasteiger charge is 2.34. The molecule has 1 atom stereocenters. The Morgan fingerprint density at radius 1 is 1.19 bits per heavy atom. The van der Waals surface area contributed by atoms with Crippen molar-refractivity contribution in [2.45, 2.75) is 63.7 Å². The van der Waals surface area contributed by atoms with E-state index >= 15 is 0 Å². The number of aliphatic imine (C=N–C) groups is 1. The zero-order chi connectivity index (χ0) is 19.0. The SMILES string of the molecule is CCNC(=NCCN(C)C1CCCCC1)NC1CCN(CC(F)(F)F)C1. The summed E-state index contributed by atoms with van der Waals surface area (Å²) in [6.07, 6.45) is 3.12. The van der Waals surface area contributed by atoms with Crippen molar-refractivity contribution in [2.24, 2.45) is 4.99 Å². The molecule has 1 saturated carbocycles. The van der Waals surface area contributed by atoms with Crippen LogP contribution in [0.3, 0.4) is 0 Å². The van der Waals surface area contributed by atoms with Gasteiger partial charge in [0.2, 0.25) is 0 Å². The summed E-state index contributed by atoms with van der Waals surface area (Å²) in [4.78, 5) is 8.48. The molecule has 2 fully saturated rings. The predicted molar refractivity (Wildman–Crippen MR) is 99.5 cm³/mol.